The first-order chi connectivity index (χ1) is 21.7. The van der Waals surface area contributed by atoms with Crippen molar-refractivity contribution in [1.29, 1.82) is 0 Å². The van der Waals surface area contributed by atoms with Crippen LogP contribution in [0.3, 0.4) is 0 Å². The van der Waals surface area contributed by atoms with Crippen LogP contribution in [-0.4, -0.2) is 62.4 Å². The van der Waals surface area contributed by atoms with Crippen LogP contribution in [0.1, 0.15) is 70.1 Å². The number of aromatic hydroxyl groups is 1. The van der Waals surface area contributed by atoms with Crippen molar-refractivity contribution in [1.82, 2.24) is 0 Å². The second kappa shape index (κ2) is 14.8. The monoisotopic (exact) mass is 662 g/mol. The van der Waals surface area contributed by atoms with Crippen LogP contribution in [0.15, 0.2) is 89.5 Å². The van der Waals surface area contributed by atoms with Gasteiger partial charge in [-0.1, -0.05) is 106 Å². The highest BCUT2D eigenvalue weighted by atomic mass is 32.2. The standard InChI is InChI=1S/C38H50O6SSi/c1-7-14-29(23-30-21-27(2)37(41)28(3)22-30)19-20-34(40)36-31(26-45(42,43)35(36)24-39)25-44-46(38(4,5)6,32-15-10-8-11-16-32)33-17-12-9-13-18-33/h8-13,15-18,21-23,34-35,39-41H,7,14,19-20,24-26H2,1-6H3/b29-23+/t34-,35+/m1/s1. The summed E-state index contributed by atoms with van der Waals surface area (Å²) in [5, 5.41) is 32.9. The average molecular weight is 663 g/mol. The normalized spacial score (nSPS) is 17.8. The third kappa shape index (κ3) is 7.58. The number of sulfone groups is 1. The van der Waals surface area contributed by atoms with Crippen molar-refractivity contribution >= 4 is 34.6 Å². The van der Waals surface area contributed by atoms with E-state index in [0.29, 0.717) is 29.7 Å². The van der Waals surface area contributed by atoms with Gasteiger partial charge in [0.15, 0.2) is 9.84 Å². The second-order valence-corrected chi connectivity index (χ2v) is 20.1. The Morgan fingerprint density at radius 3 is 2.00 bits per heavy atom. The molecule has 3 aromatic carbocycles. The molecular formula is C38H50O6SSi. The molecule has 248 valence electrons. The van der Waals surface area contributed by atoms with Crippen LogP contribution in [-0.2, 0) is 14.3 Å². The summed E-state index contributed by atoms with van der Waals surface area (Å²) in [5.41, 5.74) is 4.66. The van der Waals surface area contributed by atoms with Crippen molar-refractivity contribution < 1.29 is 28.2 Å². The molecule has 0 saturated carbocycles. The van der Waals surface area contributed by atoms with Crippen LogP contribution < -0.4 is 10.4 Å². The first kappa shape index (κ1) is 35.8. The maximum Gasteiger partial charge on any atom is 0.261 e. The molecule has 46 heavy (non-hydrogen) atoms. The predicted molar refractivity (Wildman–Crippen MR) is 191 cm³/mol. The molecule has 1 aliphatic heterocycles. The fraction of sp³-hybridized carbons (Fsp3) is 0.421. The van der Waals surface area contributed by atoms with E-state index in [4.69, 9.17) is 4.43 Å². The lowest BCUT2D eigenvalue weighted by atomic mass is 9.93. The molecule has 1 heterocycles. The number of hydrogen-bond donors (Lipinski definition) is 3. The minimum Gasteiger partial charge on any atom is -0.507 e. The molecule has 1 aliphatic rings. The number of hydrogen-bond acceptors (Lipinski definition) is 6. The third-order valence-electron chi connectivity index (χ3n) is 9.16. The Bertz CT molecular complexity index is 1590. The Morgan fingerprint density at radius 2 is 1.52 bits per heavy atom. The number of aliphatic hydroxyl groups is 2. The molecule has 0 spiro atoms. The lowest BCUT2D eigenvalue weighted by Crippen LogP contribution is -2.66. The van der Waals surface area contributed by atoms with Crippen molar-refractivity contribution in [2.75, 3.05) is 19.0 Å². The lowest BCUT2D eigenvalue weighted by molar-refractivity contribution is 0.186. The van der Waals surface area contributed by atoms with E-state index in [1.807, 2.05) is 62.4 Å². The summed E-state index contributed by atoms with van der Waals surface area (Å²) >= 11 is 0. The van der Waals surface area contributed by atoms with Gasteiger partial charge in [-0.05, 0) is 88.5 Å². The molecule has 0 fully saturated rings. The van der Waals surface area contributed by atoms with Gasteiger partial charge in [-0.3, -0.25) is 0 Å². The zero-order chi connectivity index (χ0) is 33.7. The van der Waals surface area contributed by atoms with E-state index < -0.39 is 36.1 Å². The Labute approximate surface area is 276 Å². The number of benzene rings is 3. The van der Waals surface area contributed by atoms with Gasteiger partial charge in [-0.25, -0.2) is 8.42 Å². The molecule has 0 unspecified atom stereocenters. The Morgan fingerprint density at radius 1 is 0.978 bits per heavy atom. The highest BCUT2D eigenvalue weighted by Crippen LogP contribution is 2.39. The number of phenolic OH excluding ortho intramolecular Hbond substituents is 1. The fourth-order valence-corrected chi connectivity index (χ4v) is 13.4. The number of allylic oxidation sites excluding steroid dienone is 1. The van der Waals surface area contributed by atoms with Gasteiger partial charge in [0.25, 0.3) is 8.32 Å². The van der Waals surface area contributed by atoms with Crippen LogP contribution in [0.2, 0.25) is 5.04 Å². The number of phenols is 1. The van der Waals surface area contributed by atoms with Gasteiger partial charge in [-0.15, -0.1) is 0 Å². The summed E-state index contributed by atoms with van der Waals surface area (Å²) in [6, 6.07) is 24.3. The first-order valence-electron chi connectivity index (χ1n) is 16.2. The van der Waals surface area contributed by atoms with Crippen LogP contribution in [0, 0.1) is 13.8 Å². The molecule has 0 amide bonds. The van der Waals surface area contributed by atoms with Gasteiger partial charge in [-0.2, -0.15) is 0 Å². The van der Waals surface area contributed by atoms with E-state index >= 15 is 0 Å². The summed E-state index contributed by atoms with van der Waals surface area (Å²) in [6.07, 6.45) is 3.70. The quantitative estimate of drug-likeness (QED) is 0.153. The van der Waals surface area contributed by atoms with Crippen LogP contribution in [0.25, 0.3) is 6.08 Å². The van der Waals surface area contributed by atoms with E-state index in [-0.39, 0.29) is 17.4 Å². The lowest BCUT2D eigenvalue weighted by Gasteiger charge is -2.43. The largest absolute Gasteiger partial charge is 0.507 e. The minimum atomic E-state index is -3.71. The molecule has 3 N–H and O–H groups in total. The molecule has 0 saturated heterocycles. The third-order valence-corrected chi connectivity index (χ3v) is 16.2. The first-order valence-corrected chi connectivity index (χ1v) is 19.8. The van der Waals surface area contributed by atoms with E-state index in [1.165, 1.54) is 0 Å². The van der Waals surface area contributed by atoms with Gasteiger partial charge in [0.1, 0.15) is 11.0 Å². The summed E-state index contributed by atoms with van der Waals surface area (Å²) in [7, 11) is -6.67. The highest BCUT2D eigenvalue weighted by Gasteiger charge is 2.51. The maximum atomic E-state index is 13.4. The van der Waals surface area contributed by atoms with E-state index in [1.54, 1.807) is 0 Å². The molecular weight excluding hydrogens is 613 g/mol. The predicted octanol–water partition coefficient (Wildman–Crippen LogP) is 6.00. The van der Waals surface area contributed by atoms with Gasteiger partial charge >= 0.3 is 0 Å². The Hall–Kier alpha value is -3.01. The van der Waals surface area contributed by atoms with Gasteiger partial charge < -0.3 is 19.7 Å². The zero-order valence-electron chi connectivity index (χ0n) is 28.1. The molecule has 8 heteroatoms. The highest BCUT2D eigenvalue weighted by molar-refractivity contribution is 7.92. The SMILES string of the molecule is CCC/C(=C\c1cc(C)c(O)c(C)c1)CC[C@@H](O)C1=C(CO[Si](c2ccccc2)(c2ccccc2)C(C)(C)C)CS(=O)(=O)[C@H]1CO. The Balaban J connectivity index is 1.70. The van der Waals surface area contributed by atoms with Crippen molar-refractivity contribution in [3.8, 4) is 5.75 Å². The summed E-state index contributed by atoms with van der Waals surface area (Å²) in [5.74, 6) is 0.0499. The number of aryl methyl sites for hydroxylation is 2. The van der Waals surface area contributed by atoms with E-state index in [2.05, 4.69) is 58.0 Å². The second-order valence-electron chi connectivity index (χ2n) is 13.6. The van der Waals surface area contributed by atoms with Gasteiger partial charge in [0.2, 0.25) is 0 Å². The maximum absolute atomic E-state index is 13.4. The average Bonchev–Trinajstić information content (AvgIpc) is 3.28. The molecule has 0 aliphatic carbocycles. The van der Waals surface area contributed by atoms with Crippen LogP contribution >= 0.6 is 0 Å². The molecule has 0 radical (unpaired) electrons. The molecule has 4 rings (SSSR count). The summed E-state index contributed by atoms with van der Waals surface area (Å²) in [6.45, 7) is 11.8. The smallest absolute Gasteiger partial charge is 0.261 e. The van der Waals surface area contributed by atoms with Crippen LogP contribution in [0.5, 0.6) is 5.75 Å². The van der Waals surface area contributed by atoms with Gasteiger partial charge in [0.05, 0.1) is 25.1 Å². The summed E-state index contributed by atoms with van der Waals surface area (Å²) < 4.78 is 33.8. The number of aliphatic hydroxyl groups excluding tert-OH is 2. The molecule has 2 atom stereocenters. The zero-order valence-corrected chi connectivity index (χ0v) is 29.9. The van der Waals surface area contributed by atoms with Crippen molar-refractivity contribution in [2.45, 2.75) is 83.6 Å². The number of rotatable bonds is 13. The van der Waals surface area contributed by atoms with E-state index in [9.17, 15) is 23.7 Å². The molecule has 0 bridgehead atoms. The fourth-order valence-electron chi connectivity index (χ4n) is 6.97. The van der Waals surface area contributed by atoms with Gasteiger partial charge in [0, 0.05) is 0 Å². The minimum absolute atomic E-state index is 0.0547. The topological polar surface area (TPSA) is 104 Å². The Kier molecular flexibility index (Phi) is 11.5. The molecule has 0 aromatic heterocycles. The van der Waals surface area contributed by atoms with Crippen LogP contribution in [0.4, 0.5) is 0 Å². The van der Waals surface area contributed by atoms with Crippen molar-refractivity contribution in [3.05, 3.63) is 106 Å². The molecule has 6 nitrogen and oxygen atoms in total. The van der Waals surface area contributed by atoms with E-state index in [0.717, 1.165) is 45.5 Å². The molecule has 3 aromatic rings. The van der Waals surface area contributed by atoms with Crippen molar-refractivity contribution in [3.63, 3.8) is 0 Å². The van der Waals surface area contributed by atoms with Crippen molar-refractivity contribution in [2.24, 2.45) is 0 Å². The summed E-state index contributed by atoms with van der Waals surface area (Å²) in [4.78, 5) is 0.